The van der Waals surface area contributed by atoms with Crippen molar-refractivity contribution in [3.05, 3.63) is 233 Å². The first kappa shape index (κ1) is 51.8. The average Bonchev–Trinajstić information content (AvgIpc) is 4.26. The van der Waals surface area contributed by atoms with Crippen LogP contribution in [0.4, 0.5) is 0 Å². The van der Waals surface area contributed by atoms with Crippen LogP contribution in [0, 0.1) is 6.92 Å². The third kappa shape index (κ3) is 10.6. The lowest BCUT2D eigenvalue weighted by molar-refractivity contribution is 0.112. The smallest absolute Gasteiger partial charge is 0.491 e. The number of carbonyl (C=O) groups excluding carboxylic acids is 1. The number of halogens is 3. The highest BCUT2D eigenvalue weighted by Crippen LogP contribution is 2.41. The van der Waals surface area contributed by atoms with Crippen LogP contribution >= 0.6 is 39.1 Å². The number of para-hydroxylation sites is 2. The van der Waals surface area contributed by atoms with Crippen LogP contribution in [-0.2, 0) is 0 Å². The molecule has 13 rings (SSSR count). The SMILES string of the molecule is COc1cccnc1-c1cccnc1Cl.Cc1ccccc1-c1c(-c2ccc3c(c2)c2ccccc2n3-c2ccccc2)nc2c3cccnc3c3cccnc3n12.O=Cc1cccnc1Br.OB(O)c1cccnc1Cl. The Labute approximate surface area is 460 Å². The van der Waals surface area contributed by atoms with Gasteiger partial charge in [-0.3, -0.25) is 19.2 Å². The third-order valence-electron chi connectivity index (χ3n) is 12.5. The van der Waals surface area contributed by atoms with Crippen LogP contribution < -0.4 is 10.2 Å². The lowest BCUT2D eigenvalue weighted by atomic mass is 9.82. The summed E-state index contributed by atoms with van der Waals surface area (Å²) in [6.45, 7) is 2.16. The van der Waals surface area contributed by atoms with Gasteiger partial charge < -0.3 is 19.4 Å². The Hall–Kier alpha value is -8.70. The fourth-order valence-electron chi connectivity index (χ4n) is 9.03. The zero-order valence-corrected chi connectivity index (χ0v) is 44.3. The molecule has 0 fully saturated rings. The van der Waals surface area contributed by atoms with E-state index in [4.69, 9.17) is 52.9 Å². The average molecular weight is 1120 g/mol. The maximum atomic E-state index is 10.2. The summed E-state index contributed by atoms with van der Waals surface area (Å²) in [7, 11) is 0.0614. The molecule has 9 aromatic heterocycles. The van der Waals surface area contributed by atoms with Crippen molar-refractivity contribution in [1.82, 2.24) is 43.9 Å². The van der Waals surface area contributed by atoms with Crippen LogP contribution in [-0.4, -0.2) is 74.4 Å². The number of fused-ring (bicyclic) bond motifs is 9. The minimum atomic E-state index is -1.54. The van der Waals surface area contributed by atoms with Crippen molar-refractivity contribution >= 4 is 107 Å². The maximum Gasteiger partial charge on any atom is 0.491 e. The molecule has 9 heterocycles. The van der Waals surface area contributed by atoms with Crippen molar-refractivity contribution in [1.29, 1.82) is 0 Å². The van der Waals surface area contributed by atoms with E-state index in [0.717, 1.165) is 67.6 Å². The molecular weight excluding hydrogens is 1070 g/mol. The number of methoxy groups -OCH3 is 1. The predicted molar refractivity (Wildman–Crippen MR) is 311 cm³/mol. The zero-order valence-electron chi connectivity index (χ0n) is 41.2. The molecule has 0 aliphatic carbocycles. The van der Waals surface area contributed by atoms with Gasteiger partial charge in [0.15, 0.2) is 6.29 Å². The highest BCUT2D eigenvalue weighted by molar-refractivity contribution is 9.10. The number of imidazole rings is 1. The van der Waals surface area contributed by atoms with Gasteiger partial charge in [-0.25, -0.2) is 24.9 Å². The molecule has 0 saturated carbocycles. The Balaban J connectivity index is 0.000000159. The van der Waals surface area contributed by atoms with Crippen LogP contribution in [0.1, 0.15) is 15.9 Å². The molecule has 0 aliphatic heterocycles. The van der Waals surface area contributed by atoms with Crippen molar-refractivity contribution in [2.75, 3.05) is 7.11 Å². The number of hydrogen-bond donors (Lipinski definition) is 2. The van der Waals surface area contributed by atoms with Gasteiger partial charge in [-0.1, -0.05) is 96.0 Å². The molecule has 13 nitrogen and oxygen atoms in total. The number of aromatic nitrogens is 9. The van der Waals surface area contributed by atoms with Crippen molar-refractivity contribution in [3.8, 4) is 45.2 Å². The number of ether oxygens (including phenoxy) is 1. The molecular formula is C60H43BBrCl2N9O4. The summed E-state index contributed by atoms with van der Waals surface area (Å²) >= 11 is 14.6. The van der Waals surface area contributed by atoms with Gasteiger partial charge in [0.25, 0.3) is 0 Å². The first-order valence-corrected chi connectivity index (χ1v) is 25.5. The first-order valence-electron chi connectivity index (χ1n) is 24.0. The van der Waals surface area contributed by atoms with Crippen molar-refractivity contribution in [2.24, 2.45) is 0 Å². The third-order valence-corrected chi connectivity index (χ3v) is 13.8. The summed E-state index contributed by atoms with van der Waals surface area (Å²) in [5.74, 6) is 0.687. The quantitative estimate of drug-likeness (QED) is 0.0675. The molecule has 0 unspecified atom stereocenters. The minimum Gasteiger partial charge on any atom is -0.494 e. The van der Waals surface area contributed by atoms with E-state index in [0.29, 0.717) is 26.8 Å². The Morgan fingerprint density at radius 2 is 1.18 bits per heavy atom. The molecule has 0 radical (unpaired) electrons. The van der Waals surface area contributed by atoms with Crippen LogP contribution in [0.15, 0.2) is 212 Å². The summed E-state index contributed by atoms with van der Waals surface area (Å²) < 4.78 is 10.4. The number of pyridine rings is 7. The number of benzene rings is 4. The van der Waals surface area contributed by atoms with Gasteiger partial charge >= 0.3 is 7.12 Å². The van der Waals surface area contributed by atoms with E-state index in [2.05, 4.69) is 161 Å². The molecule has 17 heteroatoms. The summed E-state index contributed by atoms with van der Waals surface area (Å²) in [5.41, 5.74) is 13.7. The summed E-state index contributed by atoms with van der Waals surface area (Å²) in [5, 5.41) is 22.2. The predicted octanol–water partition coefficient (Wildman–Crippen LogP) is 13.0. The standard InChI is InChI=1S/C38H25N5.C11H9ClN2O.C6H4BrNO.C5H5BClNO2/c1-24-11-5-6-14-27(24)36-34(41-38-30-17-9-21-39-35(30)29-16-10-22-40-37(29)43(36)38)25-19-20-33-31(23-25)28-15-7-8-18-32(28)42(33)26-12-3-2-4-13-26;1-15-9-5-3-6-13-10(9)8-4-2-7-14-11(8)12;7-6-5(4-9)2-1-3-8-6;7-5-4(6(9)10)2-1-3-8-5/h2-23H,1H3;2-7H,1H3;1-4H;1-3,9-10H. The van der Waals surface area contributed by atoms with Gasteiger partial charge in [-0.05, 0) is 125 Å². The van der Waals surface area contributed by atoms with E-state index < -0.39 is 7.12 Å². The van der Waals surface area contributed by atoms with Crippen molar-refractivity contribution < 1.29 is 19.6 Å². The Bertz CT molecular complexity index is 4260. The molecule has 0 atom stereocenters. The van der Waals surface area contributed by atoms with Crippen LogP contribution in [0.5, 0.6) is 5.75 Å². The molecule has 0 saturated heterocycles. The van der Waals surface area contributed by atoms with Crippen molar-refractivity contribution in [3.63, 3.8) is 0 Å². The Morgan fingerprint density at radius 1 is 0.571 bits per heavy atom. The van der Waals surface area contributed by atoms with Gasteiger partial charge in [0, 0.05) is 92.1 Å². The fourth-order valence-corrected chi connectivity index (χ4v) is 9.80. The van der Waals surface area contributed by atoms with Crippen LogP contribution in [0.2, 0.25) is 10.3 Å². The summed E-state index contributed by atoms with van der Waals surface area (Å²) in [4.78, 5) is 40.9. The molecule has 376 valence electrons. The Kier molecular flexibility index (Phi) is 15.8. The Morgan fingerprint density at radius 3 is 1.90 bits per heavy atom. The number of rotatable bonds is 7. The fraction of sp³-hybridized carbons (Fsp3) is 0.0333. The van der Waals surface area contributed by atoms with Gasteiger partial charge in [0.05, 0.1) is 35.0 Å². The number of carbonyl (C=O) groups is 1. The highest BCUT2D eigenvalue weighted by atomic mass is 79.9. The van der Waals surface area contributed by atoms with Crippen LogP contribution in [0.25, 0.3) is 88.8 Å². The van der Waals surface area contributed by atoms with E-state index in [1.807, 2.05) is 48.8 Å². The van der Waals surface area contributed by atoms with Gasteiger partial charge in [-0.2, -0.15) is 0 Å². The number of nitrogens with zero attached hydrogens (tertiary/aromatic N) is 9. The summed E-state index contributed by atoms with van der Waals surface area (Å²) in [6, 6.07) is 56.5. The molecule has 4 aromatic carbocycles. The van der Waals surface area contributed by atoms with E-state index in [1.165, 1.54) is 39.6 Å². The minimum absolute atomic E-state index is 0.123. The van der Waals surface area contributed by atoms with E-state index in [1.54, 1.807) is 43.9 Å². The molecule has 0 bridgehead atoms. The second-order valence-electron chi connectivity index (χ2n) is 17.1. The highest BCUT2D eigenvalue weighted by Gasteiger charge is 2.24. The number of hydrogen-bond acceptors (Lipinski definition) is 11. The van der Waals surface area contributed by atoms with Crippen molar-refractivity contribution in [2.45, 2.75) is 6.92 Å². The largest absolute Gasteiger partial charge is 0.494 e. The second-order valence-corrected chi connectivity index (χ2v) is 18.6. The number of aryl methyl sites for hydroxylation is 1. The van der Waals surface area contributed by atoms with Crippen LogP contribution in [0.3, 0.4) is 0 Å². The molecule has 0 amide bonds. The molecule has 13 aromatic rings. The van der Waals surface area contributed by atoms with Gasteiger partial charge in [0.1, 0.15) is 37.6 Å². The monoisotopic (exact) mass is 1110 g/mol. The van der Waals surface area contributed by atoms with Gasteiger partial charge in [0.2, 0.25) is 0 Å². The normalized spacial score (nSPS) is 10.8. The molecule has 2 N–H and O–H groups in total. The second kappa shape index (κ2) is 23.5. The van der Waals surface area contributed by atoms with E-state index >= 15 is 0 Å². The molecule has 0 spiro atoms. The first-order chi connectivity index (χ1) is 37.7. The van der Waals surface area contributed by atoms with E-state index in [9.17, 15) is 4.79 Å². The van der Waals surface area contributed by atoms with E-state index in [-0.39, 0.29) is 10.6 Å². The zero-order chi connectivity index (χ0) is 53.4. The molecule has 77 heavy (non-hydrogen) atoms. The molecule has 0 aliphatic rings. The number of aldehydes is 1. The maximum absolute atomic E-state index is 10.2. The lowest BCUT2D eigenvalue weighted by Crippen LogP contribution is -2.31. The van der Waals surface area contributed by atoms with Gasteiger partial charge in [-0.15, -0.1) is 0 Å². The summed E-state index contributed by atoms with van der Waals surface area (Å²) in [6.07, 6.45) is 10.9. The lowest BCUT2D eigenvalue weighted by Gasteiger charge is -2.12. The topological polar surface area (TPSA) is 166 Å².